The lowest BCUT2D eigenvalue weighted by atomic mass is 9.98. The highest BCUT2D eigenvalue weighted by molar-refractivity contribution is 5.69. The number of rotatable bonds is 44. The monoisotopic (exact) mass is 973 g/mol. The molecule has 14 nitrogen and oxygen atoms in total. The second-order valence-corrected chi connectivity index (χ2v) is 19.4. The lowest BCUT2D eigenvalue weighted by molar-refractivity contribution is -0.332. The van der Waals surface area contributed by atoms with Gasteiger partial charge in [-0.1, -0.05) is 186 Å². The van der Waals surface area contributed by atoms with E-state index in [1.807, 2.05) is 0 Å². The zero-order chi connectivity index (χ0) is 49.5. The van der Waals surface area contributed by atoms with E-state index in [0.717, 1.165) is 51.4 Å². The van der Waals surface area contributed by atoms with Gasteiger partial charge in [0.1, 0.15) is 54.9 Å². The zero-order valence-electron chi connectivity index (χ0n) is 42.6. The summed E-state index contributed by atoms with van der Waals surface area (Å²) in [5, 5.41) is 72.2. The maximum atomic E-state index is 13.0. The fourth-order valence-corrected chi connectivity index (χ4v) is 8.73. The summed E-state index contributed by atoms with van der Waals surface area (Å²) in [7, 11) is 0. The van der Waals surface area contributed by atoms with Crippen LogP contribution in [0.25, 0.3) is 0 Å². The Labute approximate surface area is 411 Å². The quantitative estimate of drug-likeness (QED) is 0.0173. The Kier molecular flexibility index (Phi) is 38.7. The maximum Gasteiger partial charge on any atom is 0.306 e. The summed E-state index contributed by atoms with van der Waals surface area (Å²) < 4.78 is 34.3. The van der Waals surface area contributed by atoms with Crippen molar-refractivity contribution in [2.24, 2.45) is 0 Å². The van der Waals surface area contributed by atoms with Crippen molar-refractivity contribution >= 4 is 5.97 Å². The first kappa shape index (κ1) is 62.6. The van der Waals surface area contributed by atoms with E-state index < -0.39 is 80.7 Å². The van der Waals surface area contributed by atoms with E-state index in [2.05, 4.69) is 38.2 Å². The van der Waals surface area contributed by atoms with Gasteiger partial charge < -0.3 is 64.2 Å². The van der Waals surface area contributed by atoms with Crippen molar-refractivity contribution in [3.8, 4) is 0 Å². The smallest absolute Gasteiger partial charge is 0.306 e. The van der Waals surface area contributed by atoms with Crippen molar-refractivity contribution in [2.75, 3.05) is 33.0 Å². The molecule has 0 amide bonds. The molecule has 2 saturated heterocycles. The highest BCUT2D eigenvalue weighted by Gasteiger charge is 2.47. The van der Waals surface area contributed by atoms with Crippen molar-refractivity contribution in [1.29, 1.82) is 0 Å². The van der Waals surface area contributed by atoms with Crippen LogP contribution in [0.3, 0.4) is 0 Å². The third-order valence-electron chi connectivity index (χ3n) is 13.2. The van der Waals surface area contributed by atoms with Gasteiger partial charge in [0.25, 0.3) is 0 Å². The van der Waals surface area contributed by atoms with Gasteiger partial charge in [0.15, 0.2) is 12.6 Å². The van der Waals surface area contributed by atoms with E-state index in [1.165, 1.54) is 135 Å². The molecule has 0 aromatic carbocycles. The highest BCUT2D eigenvalue weighted by atomic mass is 16.7. The van der Waals surface area contributed by atoms with Crippen molar-refractivity contribution in [2.45, 2.75) is 280 Å². The third kappa shape index (κ3) is 29.1. The molecule has 0 spiro atoms. The number of carbonyl (C=O) groups excluding carboxylic acids is 1. The second kappa shape index (κ2) is 42.0. The number of aliphatic hydroxyl groups is 7. The molecule has 400 valence electrons. The molecule has 0 radical (unpaired) electrons. The molecule has 11 unspecified atom stereocenters. The molecule has 0 aromatic heterocycles. The van der Waals surface area contributed by atoms with Gasteiger partial charge in [-0.15, -0.1) is 0 Å². The fraction of sp³-hybridized carbons (Fsp3) is 0.907. The van der Waals surface area contributed by atoms with Gasteiger partial charge in [0, 0.05) is 13.0 Å². The predicted molar refractivity (Wildman–Crippen MR) is 266 cm³/mol. The zero-order valence-corrected chi connectivity index (χ0v) is 42.6. The van der Waals surface area contributed by atoms with Crippen LogP contribution >= 0.6 is 0 Å². The number of ether oxygens (including phenoxy) is 6. The number of allylic oxidation sites excluding steroid dienone is 4. The summed E-state index contributed by atoms with van der Waals surface area (Å²) in [4.78, 5) is 13.0. The molecule has 2 fully saturated rings. The Morgan fingerprint density at radius 1 is 0.485 bits per heavy atom. The minimum absolute atomic E-state index is 0.0641. The maximum absolute atomic E-state index is 13.0. The minimum atomic E-state index is -1.70. The van der Waals surface area contributed by atoms with Crippen LogP contribution in [-0.4, -0.2) is 142 Å². The fourth-order valence-electron chi connectivity index (χ4n) is 8.73. The predicted octanol–water partition coefficient (Wildman–Crippen LogP) is 8.80. The number of hydrogen-bond donors (Lipinski definition) is 7. The number of esters is 1. The normalized spacial score (nSPS) is 26.0. The van der Waals surface area contributed by atoms with Crippen molar-refractivity contribution in [3.05, 3.63) is 24.3 Å². The number of unbranched alkanes of at least 4 members (excludes halogenated alkanes) is 26. The first-order valence-corrected chi connectivity index (χ1v) is 27.4. The summed E-state index contributed by atoms with van der Waals surface area (Å²) in [5.74, 6) is -0.377. The van der Waals surface area contributed by atoms with Crippen LogP contribution in [-0.2, 0) is 33.2 Å². The number of carbonyl (C=O) groups is 1. The summed E-state index contributed by atoms with van der Waals surface area (Å²) in [5.41, 5.74) is 0. The van der Waals surface area contributed by atoms with Gasteiger partial charge in [-0.2, -0.15) is 0 Å². The van der Waals surface area contributed by atoms with Gasteiger partial charge in [-0.05, 0) is 44.9 Å². The van der Waals surface area contributed by atoms with Crippen LogP contribution in [0.15, 0.2) is 24.3 Å². The Morgan fingerprint density at radius 3 is 1.41 bits per heavy atom. The van der Waals surface area contributed by atoms with Crippen LogP contribution < -0.4 is 0 Å². The van der Waals surface area contributed by atoms with Crippen LogP contribution in [0.5, 0.6) is 0 Å². The Hall–Kier alpha value is -1.53. The molecule has 11 atom stereocenters. The number of hydrogen-bond acceptors (Lipinski definition) is 14. The van der Waals surface area contributed by atoms with Gasteiger partial charge in [-0.25, -0.2) is 0 Å². The summed E-state index contributed by atoms with van der Waals surface area (Å²) >= 11 is 0. The Morgan fingerprint density at radius 2 is 0.912 bits per heavy atom. The molecule has 0 aromatic rings. The van der Waals surface area contributed by atoms with Crippen LogP contribution in [0, 0.1) is 0 Å². The van der Waals surface area contributed by atoms with E-state index >= 15 is 0 Å². The highest BCUT2D eigenvalue weighted by Crippen LogP contribution is 2.26. The molecule has 0 bridgehead atoms. The van der Waals surface area contributed by atoms with Crippen LogP contribution in [0.1, 0.15) is 213 Å². The SMILES string of the molecule is CCCCCCC/C=C\C/C=C\CCCCCCCCCCCC(=O)OC(COCCCCCCCCCCCCCCC)COC1OC(COC2OC(CO)C(O)C(O)C2O)C(O)C(O)C1O. The van der Waals surface area contributed by atoms with E-state index in [0.29, 0.717) is 13.0 Å². The number of aliphatic hydroxyl groups excluding tert-OH is 7. The van der Waals surface area contributed by atoms with Crippen LogP contribution in [0.4, 0.5) is 0 Å². The molecular formula is C54H100O14. The van der Waals surface area contributed by atoms with Crippen molar-refractivity contribution < 1.29 is 69.0 Å². The lowest BCUT2D eigenvalue weighted by Crippen LogP contribution is -2.61. The molecule has 68 heavy (non-hydrogen) atoms. The molecule has 2 rings (SSSR count). The lowest BCUT2D eigenvalue weighted by Gasteiger charge is -2.42. The first-order chi connectivity index (χ1) is 33.1. The van der Waals surface area contributed by atoms with Gasteiger partial charge in [-0.3, -0.25) is 4.79 Å². The molecule has 2 aliphatic rings. The van der Waals surface area contributed by atoms with Gasteiger partial charge in [0.2, 0.25) is 0 Å². The molecule has 7 N–H and O–H groups in total. The average Bonchev–Trinajstić information content (AvgIpc) is 3.33. The van der Waals surface area contributed by atoms with Crippen LogP contribution in [0.2, 0.25) is 0 Å². The van der Waals surface area contributed by atoms with Crippen molar-refractivity contribution in [3.63, 3.8) is 0 Å². The van der Waals surface area contributed by atoms with E-state index in [9.17, 15) is 40.5 Å². The Balaban J connectivity index is 1.73. The summed E-state index contributed by atoms with van der Waals surface area (Å²) in [6.45, 7) is 3.70. The Bertz CT molecular complexity index is 1220. The van der Waals surface area contributed by atoms with E-state index in [4.69, 9.17) is 28.4 Å². The minimum Gasteiger partial charge on any atom is -0.457 e. The van der Waals surface area contributed by atoms with E-state index in [1.54, 1.807) is 0 Å². The standard InChI is InChI=1S/C54H100O14/c1-3-5-7-9-11-13-15-17-18-19-20-21-22-23-24-25-27-29-31-33-35-37-46(56)66-43(40-63-38-36-34-32-30-28-26-16-14-12-10-8-6-4-2)41-64-53-52(62)50(60)48(58)45(68-53)42-65-54-51(61)49(59)47(57)44(39-55)67-54/h15,17,19-20,43-45,47-55,57-62H,3-14,16,18,21-42H2,1-2H3/b17-15-,20-19-. The molecule has 0 saturated carbocycles. The van der Waals surface area contributed by atoms with Gasteiger partial charge in [0.05, 0.1) is 26.4 Å². The van der Waals surface area contributed by atoms with Crippen molar-refractivity contribution in [1.82, 2.24) is 0 Å². The molecular weight excluding hydrogens is 873 g/mol. The topological polar surface area (TPSA) is 214 Å². The largest absolute Gasteiger partial charge is 0.457 e. The molecule has 14 heteroatoms. The third-order valence-corrected chi connectivity index (χ3v) is 13.2. The van der Waals surface area contributed by atoms with E-state index in [-0.39, 0.29) is 25.6 Å². The molecule has 2 heterocycles. The second-order valence-electron chi connectivity index (χ2n) is 19.4. The molecule has 2 aliphatic heterocycles. The summed E-state index contributed by atoms with van der Waals surface area (Å²) in [6.07, 6.45) is 29.5. The summed E-state index contributed by atoms with van der Waals surface area (Å²) in [6, 6.07) is 0. The molecule has 0 aliphatic carbocycles. The van der Waals surface area contributed by atoms with Gasteiger partial charge >= 0.3 is 5.97 Å². The first-order valence-electron chi connectivity index (χ1n) is 27.4. The average molecular weight is 973 g/mol.